The Bertz CT molecular complexity index is 639. The number of carboxylic acids is 1. The smallest absolute Gasteiger partial charge is 0.416 e. The average molecular weight is 292 g/mol. The maximum atomic E-state index is 12.5. The minimum Gasteiger partial charge on any atom is -0.476 e. The van der Waals surface area contributed by atoms with E-state index in [1.165, 1.54) is 6.07 Å². The molecule has 1 aromatic heterocycles. The van der Waals surface area contributed by atoms with E-state index < -0.39 is 28.6 Å². The van der Waals surface area contributed by atoms with Crippen LogP contribution in [0.3, 0.4) is 0 Å². The van der Waals surface area contributed by atoms with Crippen LogP contribution < -0.4 is 0 Å². The number of alkyl halides is 3. The van der Waals surface area contributed by atoms with Crippen molar-refractivity contribution in [3.05, 3.63) is 40.7 Å². The molecule has 0 aliphatic heterocycles. The van der Waals surface area contributed by atoms with E-state index in [0.29, 0.717) is 0 Å². The molecule has 0 aliphatic rings. The van der Waals surface area contributed by atoms with E-state index in [1.54, 1.807) is 0 Å². The van der Waals surface area contributed by atoms with Crippen LogP contribution in [0.5, 0.6) is 0 Å². The van der Waals surface area contributed by atoms with Crippen molar-refractivity contribution in [2.45, 2.75) is 6.18 Å². The lowest BCUT2D eigenvalue weighted by atomic mass is 10.2. The summed E-state index contributed by atoms with van der Waals surface area (Å²) in [6.45, 7) is 0. The molecule has 0 saturated heterocycles. The van der Waals surface area contributed by atoms with Crippen molar-refractivity contribution in [2.24, 2.45) is 0 Å². The quantitative estimate of drug-likeness (QED) is 0.923. The summed E-state index contributed by atoms with van der Waals surface area (Å²) in [6.07, 6.45) is -4.51. The Labute approximate surface area is 109 Å². The van der Waals surface area contributed by atoms with E-state index in [9.17, 15) is 18.0 Å². The number of aromatic carboxylic acids is 1. The molecule has 9 heteroatoms. The van der Waals surface area contributed by atoms with Gasteiger partial charge in [-0.15, -0.1) is 15.0 Å². The van der Waals surface area contributed by atoms with Crippen molar-refractivity contribution >= 4 is 17.6 Å². The fraction of sp³-hybridized carbons (Fsp3) is 0.100. The lowest BCUT2D eigenvalue weighted by molar-refractivity contribution is -0.137. The number of carbonyl (C=O) groups is 1. The first-order valence-corrected chi connectivity index (χ1v) is 5.20. The van der Waals surface area contributed by atoms with Gasteiger partial charge in [0.2, 0.25) is 5.69 Å². The number of hydrogen-bond donors (Lipinski definition) is 1. The van der Waals surface area contributed by atoms with Gasteiger partial charge in [-0.1, -0.05) is 17.7 Å². The SMILES string of the molecule is O=C(O)c1nn(-c2cccc(C(F)(F)F)c2)nc1Cl. The van der Waals surface area contributed by atoms with Gasteiger partial charge in [-0.3, -0.25) is 0 Å². The topological polar surface area (TPSA) is 68.0 Å². The van der Waals surface area contributed by atoms with Crippen LogP contribution in [0.2, 0.25) is 5.15 Å². The zero-order valence-corrected chi connectivity index (χ0v) is 9.77. The molecule has 0 bridgehead atoms. The van der Waals surface area contributed by atoms with Crippen LogP contribution in [-0.2, 0) is 6.18 Å². The Hall–Kier alpha value is -2.09. The summed E-state index contributed by atoms with van der Waals surface area (Å²) in [4.78, 5) is 11.4. The van der Waals surface area contributed by atoms with Gasteiger partial charge in [0, 0.05) is 0 Å². The summed E-state index contributed by atoms with van der Waals surface area (Å²) < 4.78 is 37.6. The standard InChI is InChI=1S/C10H5ClF3N3O2/c11-8-7(9(18)19)15-17(16-8)6-3-1-2-5(4-6)10(12,13)14/h1-4H,(H,18,19). The van der Waals surface area contributed by atoms with Crippen molar-refractivity contribution in [2.75, 3.05) is 0 Å². The molecule has 0 spiro atoms. The minimum atomic E-state index is -4.51. The molecule has 0 unspecified atom stereocenters. The third-order valence-corrected chi connectivity index (χ3v) is 2.43. The van der Waals surface area contributed by atoms with E-state index in [-0.39, 0.29) is 5.69 Å². The van der Waals surface area contributed by atoms with Gasteiger partial charge in [0.05, 0.1) is 11.3 Å². The van der Waals surface area contributed by atoms with Gasteiger partial charge in [0.1, 0.15) is 0 Å². The van der Waals surface area contributed by atoms with Gasteiger partial charge >= 0.3 is 12.1 Å². The number of carboxylic acid groups (broad SMARTS) is 1. The second-order valence-corrected chi connectivity index (χ2v) is 3.84. The lowest BCUT2D eigenvalue weighted by Crippen LogP contribution is -2.07. The second kappa shape index (κ2) is 4.54. The molecule has 19 heavy (non-hydrogen) atoms. The highest BCUT2D eigenvalue weighted by Gasteiger charge is 2.30. The van der Waals surface area contributed by atoms with Crippen LogP contribution >= 0.6 is 11.6 Å². The van der Waals surface area contributed by atoms with Gasteiger partial charge in [-0.25, -0.2) is 4.79 Å². The second-order valence-electron chi connectivity index (χ2n) is 3.48. The van der Waals surface area contributed by atoms with Crippen molar-refractivity contribution in [1.82, 2.24) is 15.0 Å². The normalized spacial score (nSPS) is 11.6. The van der Waals surface area contributed by atoms with Crippen LogP contribution in [0.1, 0.15) is 16.1 Å². The van der Waals surface area contributed by atoms with E-state index >= 15 is 0 Å². The zero-order valence-electron chi connectivity index (χ0n) is 9.02. The highest BCUT2D eigenvalue weighted by molar-refractivity contribution is 6.31. The third-order valence-electron chi connectivity index (χ3n) is 2.18. The predicted molar refractivity (Wildman–Crippen MR) is 58.3 cm³/mol. The maximum absolute atomic E-state index is 12.5. The van der Waals surface area contributed by atoms with Crippen LogP contribution in [0.25, 0.3) is 5.69 Å². The van der Waals surface area contributed by atoms with E-state index in [1.807, 2.05) is 0 Å². The fourth-order valence-electron chi connectivity index (χ4n) is 1.34. The molecule has 0 saturated carbocycles. The van der Waals surface area contributed by atoms with Crippen LogP contribution in [-0.4, -0.2) is 26.1 Å². The number of halogens is 4. The summed E-state index contributed by atoms with van der Waals surface area (Å²) in [5, 5.41) is 15.4. The Morgan fingerprint density at radius 2 is 2.00 bits per heavy atom. The molecule has 1 heterocycles. The van der Waals surface area contributed by atoms with Crippen LogP contribution in [0.15, 0.2) is 24.3 Å². The van der Waals surface area contributed by atoms with E-state index in [4.69, 9.17) is 16.7 Å². The Kier molecular flexibility index (Phi) is 3.19. The molecule has 0 radical (unpaired) electrons. The fourth-order valence-corrected chi connectivity index (χ4v) is 1.53. The Morgan fingerprint density at radius 1 is 1.32 bits per heavy atom. The molecule has 0 aliphatic carbocycles. The molecule has 1 N–H and O–H groups in total. The van der Waals surface area contributed by atoms with Gasteiger partial charge in [0.15, 0.2) is 5.15 Å². The highest BCUT2D eigenvalue weighted by Crippen LogP contribution is 2.30. The predicted octanol–water partition coefficient (Wildman–Crippen LogP) is 2.64. The number of rotatable bonds is 2. The summed E-state index contributed by atoms with van der Waals surface area (Å²) in [6, 6.07) is 4.14. The summed E-state index contributed by atoms with van der Waals surface area (Å²) >= 11 is 5.52. The molecule has 0 amide bonds. The molecule has 100 valence electrons. The number of hydrogen-bond acceptors (Lipinski definition) is 3. The van der Waals surface area contributed by atoms with Crippen molar-refractivity contribution in [1.29, 1.82) is 0 Å². The first-order chi connectivity index (χ1) is 8.79. The van der Waals surface area contributed by atoms with Crippen molar-refractivity contribution in [3.63, 3.8) is 0 Å². The minimum absolute atomic E-state index is 0.0378. The molecule has 0 fully saturated rings. The van der Waals surface area contributed by atoms with Crippen molar-refractivity contribution < 1.29 is 23.1 Å². The Balaban J connectivity index is 2.48. The molecular formula is C10H5ClF3N3O2. The molecule has 2 rings (SSSR count). The average Bonchev–Trinajstić information content (AvgIpc) is 2.70. The number of nitrogens with zero attached hydrogens (tertiary/aromatic N) is 3. The maximum Gasteiger partial charge on any atom is 0.416 e. The summed E-state index contributed by atoms with van der Waals surface area (Å²) in [5.41, 5.74) is -1.46. The van der Waals surface area contributed by atoms with Crippen LogP contribution in [0, 0.1) is 0 Å². The summed E-state index contributed by atoms with van der Waals surface area (Å²) in [7, 11) is 0. The highest BCUT2D eigenvalue weighted by atomic mass is 35.5. The van der Waals surface area contributed by atoms with Gasteiger partial charge < -0.3 is 5.11 Å². The van der Waals surface area contributed by atoms with Gasteiger partial charge in [0.25, 0.3) is 0 Å². The first-order valence-electron chi connectivity index (χ1n) is 4.83. The number of benzene rings is 1. The monoisotopic (exact) mass is 291 g/mol. The van der Waals surface area contributed by atoms with Crippen LogP contribution in [0.4, 0.5) is 13.2 Å². The third kappa shape index (κ3) is 2.68. The van der Waals surface area contributed by atoms with Gasteiger partial charge in [-0.2, -0.15) is 13.2 Å². The van der Waals surface area contributed by atoms with E-state index in [2.05, 4.69) is 10.2 Å². The molecule has 2 aromatic rings. The molecule has 1 aromatic carbocycles. The lowest BCUT2D eigenvalue weighted by Gasteiger charge is -2.07. The van der Waals surface area contributed by atoms with Gasteiger partial charge in [-0.05, 0) is 18.2 Å². The first kappa shape index (κ1) is 13.3. The van der Waals surface area contributed by atoms with Crippen molar-refractivity contribution in [3.8, 4) is 5.69 Å². The number of aromatic nitrogens is 3. The zero-order chi connectivity index (χ0) is 14.2. The van der Waals surface area contributed by atoms with E-state index in [0.717, 1.165) is 23.0 Å². The Morgan fingerprint density at radius 3 is 2.53 bits per heavy atom. The molecular weight excluding hydrogens is 287 g/mol. The summed E-state index contributed by atoms with van der Waals surface area (Å²) in [5.74, 6) is -1.41. The molecule has 5 nitrogen and oxygen atoms in total. The largest absolute Gasteiger partial charge is 0.476 e. The molecule has 0 atom stereocenters.